The molecule has 0 spiro atoms. The van der Waals surface area contributed by atoms with Crippen LogP contribution in [-0.4, -0.2) is 37.9 Å². The lowest BCUT2D eigenvalue weighted by Gasteiger charge is -2.25. The average Bonchev–Trinajstić information content (AvgIpc) is 2.70. The summed E-state index contributed by atoms with van der Waals surface area (Å²) in [6.45, 7) is 0.733. The van der Waals surface area contributed by atoms with Crippen LogP contribution in [0.1, 0.15) is 38.5 Å². The summed E-state index contributed by atoms with van der Waals surface area (Å²) in [5.41, 5.74) is 0. The van der Waals surface area contributed by atoms with Crippen LogP contribution in [-0.2, 0) is 23.8 Å². The van der Waals surface area contributed by atoms with Crippen molar-refractivity contribution in [2.45, 2.75) is 50.9 Å². The van der Waals surface area contributed by atoms with Crippen molar-refractivity contribution >= 4 is 11.8 Å². The van der Waals surface area contributed by atoms with Gasteiger partial charge < -0.3 is 14.2 Å². The van der Waals surface area contributed by atoms with E-state index in [1.54, 1.807) is 0 Å². The Labute approximate surface area is 107 Å². The van der Waals surface area contributed by atoms with Crippen molar-refractivity contribution in [2.24, 2.45) is 5.92 Å². The van der Waals surface area contributed by atoms with Crippen molar-refractivity contribution in [1.82, 2.24) is 0 Å². The number of methoxy groups -OCH3 is 1. The molecule has 18 heavy (non-hydrogen) atoms. The molecule has 0 N–H and O–H groups in total. The first-order valence-electron chi connectivity index (χ1n) is 6.55. The van der Waals surface area contributed by atoms with Gasteiger partial charge in [0.05, 0.1) is 19.6 Å². The van der Waals surface area contributed by atoms with Gasteiger partial charge in [-0.15, -0.1) is 0 Å². The van der Waals surface area contributed by atoms with Gasteiger partial charge in [0.15, 0.2) is 6.29 Å². The molecule has 2 rings (SSSR count). The van der Waals surface area contributed by atoms with Crippen LogP contribution in [0.3, 0.4) is 0 Å². The largest absolute Gasteiger partial charge is 0.469 e. The van der Waals surface area contributed by atoms with Crippen LogP contribution in [0.4, 0.5) is 0 Å². The van der Waals surface area contributed by atoms with Crippen LogP contribution in [0.15, 0.2) is 0 Å². The third kappa shape index (κ3) is 3.53. The highest BCUT2D eigenvalue weighted by Gasteiger charge is 2.36. The molecular weight excluding hydrogens is 236 g/mol. The van der Waals surface area contributed by atoms with Crippen LogP contribution < -0.4 is 0 Å². The van der Waals surface area contributed by atoms with E-state index in [9.17, 15) is 9.59 Å². The third-order valence-electron chi connectivity index (χ3n) is 3.55. The molecule has 0 aromatic carbocycles. The van der Waals surface area contributed by atoms with Gasteiger partial charge in [-0.2, -0.15) is 0 Å². The highest BCUT2D eigenvalue weighted by molar-refractivity contribution is 5.87. The Balaban J connectivity index is 1.78. The van der Waals surface area contributed by atoms with Gasteiger partial charge in [-0.3, -0.25) is 9.59 Å². The molecule has 0 amide bonds. The lowest BCUT2D eigenvalue weighted by atomic mass is 10.0. The maximum absolute atomic E-state index is 11.7. The van der Waals surface area contributed by atoms with E-state index in [0.29, 0.717) is 12.8 Å². The number of ether oxygens (including phenoxy) is 3. The Bertz CT molecular complexity index is 309. The maximum atomic E-state index is 11.7. The molecule has 2 fully saturated rings. The van der Waals surface area contributed by atoms with Crippen LogP contribution >= 0.6 is 0 Å². The van der Waals surface area contributed by atoms with Gasteiger partial charge in [-0.25, -0.2) is 0 Å². The predicted octanol–water partition coefficient (Wildman–Crippen LogP) is 1.44. The number of esters is 1. The zero-order chi connectivity index (χ0) is 13.0. The Morgan fingerprint density at radius 2 is 2.28 bits per heavy atom. The van der Waals surface area contributed by atoms with Crippen molar-refractivity contribution in [2.75, 3.05) is 13.7 Å². The van der Waals surface area contributed by atoms with Crippen LogP contribution in [0.2, 0.25) is 0 Å². The van der Waals surface area contributed by atoms with E-state index >= 15 is 0 Å². The molecule has 3 atom stereocenters. The van der Waals surface area contributed by atoms with Gasteiger partial charge in [0.25, 0.3) is 0 Å². The molecule has 0 aromatic rings. The first kappa shape index (κ1) is 13.5. The molecule has 5 nitrogen and oxygen atoms in total. The molecule has 0 bridgehead atoms. The minimum atomic E-state index is -0.331. The number of hydrogen-bond acceptors (Lipinski definition) is 5. The molecule has 1 unspecified atom stereocenters. The monoisotopic (exact) mass is 256 g/mol. The second-order valence-corrected chi connectivity index (χ2v) is 4.94. The van der Waals surface area contributed by atoms with Crippen molar-refractivity contribution in [3.63, 3.8) is 0 Å². The standard InChI is InChI=1S/C13H20O5/c1-16-12(15)7-9-6-10(8-11(9)14)18-13-4-2-3-5-17-13/h9-10,13H,2-8H2,1H3/t9-,10-,13?/m0/s1. The van der Waals surface area contributed by atoms with Gasteiger partial charge >= 0.3 is 5.97 Å². The summed E-state index contributed by atoms with van der Waals surface area (Å²) in [5.74, 6) is -0.477. The number of rotatable bonds is 4. The number of ketones is 1. The van der Waals surface area contributed by atoms with E-state index < -0.39 is 0 Å². The first-order valence-corrected chi connectivity index (χ1v) is 6.55. The van der Waals surface area contributed by atoms with Crippen LogP contribution in [0.25, 0.3) is 0 Å². The summed E-state index contributed by atoms with van der Waals surface area (Å²) >= 11 is 0. The van der Waals surface area contributed by atoms with E-state index in [4.69, 9.17) is 9.47 Å². The Kier molecular flexibility index (Phi) is 4.72. The van der Waals surface area contributed by atoms with E-state index in [1.807, 2.05) is 0 Å². The highest BCUT2D eigenvalue weighted by atomic mass is 16.7. The van der Waals surface area contributed by atoms with E-state index in [2.05, 4.69) is 4.74 Å². The van der Waals surface area contributed by atoms with E-state index in [0.717, 1.165) is 25.9 Å². The van der Waals surface area contributed by atoms with Gasteiger partial charge in [0.1, 0.15) is 5.78 Å². The zero-order valence-electron chi connectivity index (χ0n) is 10.7. The van der Waals surface area contributed by atoms with Crippen molar-refractivity contribution < 1.29 is 23.8 Å². The maximum Gasteiger partial charge on any atom is 0.306 e. The quantitative estimate of drug-likeness (QED) is 0.712. The fraction of sp³-hybridized carbons (Fsp3) is 0.846. The molecule has 102 valence electrons. The Morgan fingerprint density at radius 3 is 2.94 bits per heavy atom. The Morgan fingerprint density at radius 1 is 1.44 bits per heavy atom. The molecule has 1 aliphatic carbocycles. The zero-order valence-corrected chi connectivity index (χ0v) is 10.7. The molecular formula is C13H20O5. The van der Waals surface area contributed by atoms with Gasteiger partial charge in [-0.1, -0.05) is 0 Å². The lowest BCUT2D eigenvalue weighted by Crippen LogP contribution is -2.26. The van der Waals surface area contributed by atoms with Gasteiger partial charge in [-0.05, 0) is 25.7 Å². The Hall–Kier alpha value is -0.940. The second-order valence-electron chi connectivity index (χ2n) is 4.94. The third-order valence-corrected chi connectivity index (χ3v) is 3.55. The molecule has 1 heterocycles. The molecule has 1 saturated carbocycles. The summed E-state index contributed by atoms with van der Waals surface area (Å²) in [4.78, 5) is 22.9. The van der Waals surface area contributed by atoms with Crippen LogP contribution in [0, 0.1) is 5.92 Å². The normalized spacial score (nSPS) is 32.5. The smallest absolute Gasteiger partial charge is 0.306 e. The van der Waals surface area contributed by atoms with Crippen molar-refractivity contribution in [3.05, 3.63) is 0 Å². The fourth-order valence-electron chi connectivity index (χ4n) is 2.54. The van der Waals surface area contributed by atoms with Gasteiger partial charge in [0.2, 0.25) is 0 Å². The van der Waals surface area contributed by atoms with Crippen molar-refractivity contribution in [3.8, 4) is 0 Å². The van der Waals surface area contributed by atoms with Crippen molar-refractivity contribution in [1.29, 1.82) is 0 Å². The summed E-state index contributed by atoms with van der Waals surface area (Å²) in [7, 11) is 1.34. The molecule has 0 radical (unpaired) electrons. The molecule has 1 aliphatic heterocycles. The molecule has 2 aliphatic rings. The summed E-state index contributed by atoms with van der Waals surface area (Å²) in [6.07, 6.45) is 3.97. The highest BCUT2D eigenvalue weighted by Crippen LogP contribution is 2.29. The van der Waals surface area contributed by atoms with Gasteiger partial charge in [0, 0.05) is 18.9 Å². The number of carbonyl (C=O) groups excluding carboxylic acids is 2. The predicted molar refractivity (Wildman–Crippen MR) is 62.8 cm³/mol. The lowest BCUT2D eigenvalue weighted by molar-refractivity contribution is -0.186. The molecule has 0 aromatic heterocycles. The fourth-order valence-corrected chi connectivity index (χ4v) is 2.54. The first-order chi connectivity index (χ1) is 8.69. The van der Waals surface area contributed by atoms with E-state index in [-0.39, 0.29) is 36.5 Å². The molecule has 5 heteroatoms. The molecule has 1 saturated heterocycles. The number of Topliss-reactive ketones (excluding diaryl/α,β-unsaturated/α-hetero) is 1. The van der Waals surface area contributed by atoms with Crippen LogP contribution in [0.5, 0.6) is 0 Å². The summed E-state index contributed by atoms with van der Waals surface area (Å²) in [6, 6.07) is 0. The second kappa shape index (κ2) is 6.29. The average molecular weight is 256 g/mol. The minimum Gasteiger partial charge on any atom is -0.469 e. The number of carbonyl (C=O) groups is 2. The minimum absolute atomic E-state index is 0.0983. The summed E-state index contributed by atoms with van der Waals surface area (Å²) in [5, 5.41) is 0. The SMILES string of the molecule is COC(=O)C[C@@H]1C[C@H](OC2CCCCO2)CC1=O. The van der Waals surface area contributed by atoms with E-state index in [1.165, 1.54) is 7.11 Å². The number of hydrogen-bond donors (Lipinski definition) is 0. The summed E-state index contributed by atoms with van der Waals surface area (Å²) < 4.78 is 15.8. The topological polar surface area (TPSA) is 61.8 Å².